The van der Waals surface area contributed by atoms with E-state index in [9.17, 15) is 9.59 Å². The number of anilines is 2. The van der Waals surface area contributed by atoms with Crippen molar-refractivity contribution < 1.29 is 9.59 Å². The highest BCUT2D eigenvalue weighted by atomic mass is 16.2. The fourth-order valence-electron chi connectivity index (χ4n) is 6.01. The molecule has 0 saturated carbocycles. The van der Waals surface area contributed by atoms with Crippen LogP contribution < -0.4 is 10.6 Å². The van der Waals surface area contributed by atoms with Crippen molar-refractivity contribution in [3.05, 3.63) is 59.7 Å². The molecule has 47 heavy (non-hydrogen) atoms. The lowest BCUT2D eigenvalue weighted by molar-refractivity contribution is -0.117. The highest BCUT2D eigenvalue weighted by molar-refractivity contribution is 5.91. The lowest BCUT2D eigenvalue weighted by Gasteiger charge is -2.16. The van der Waals surface area contributed by atoms with Crippen molar-refractivity contribution in [1.82, 2.24) is 9.80 Å². The van der Waals surface area contributed by atoms with Crippen LogP contribution >= 0.6 is 0 Å². The molecule has 0 aromatic heterocycles. The minimum atomic E-state index is 0.0789. The zero-order valence-corrected chi connectivity index (χ0v) is 30.6. The Morgan fingerprint density at radius 1 is 0.468 bits per heavy atom. The van der Waals surface area contributed by atoms with Gasteiger partial charge in [-0.1, -0.05) is 115 Å². The maximum Gasteiger partial charge on any atom is 0.224 e. The first-order valence-electron chi connectivity index (χ1n) is 19.0. The van der Waals surface area contributed by atoms with Gasteiger partial charge in [-0.2, -0.15) is 0 Å². The van der Waals surface area contributed by atoms with Crippen LogP contribution in [0.2, 0.25) is 0 Å². The van der Waals surface area contributed by atoms with E-state index in [4.69, 9.17) is 0 Å². The van der Waals surface area contributed by atoms with Crippen LogP contribution in [0.4, 0.5) is 11.4 Å². The van der Waals surface area contributed by atoms with Gasteiger partial charge in [0.15, 0.2) is 0 Å². The van der Waals surface area contributed by atoms with E-state index >= 15 is 0 Å². The second kappa shape index (κ2) is 26.3. The van der Waals surface area contributed by atoms with E-state index in [2.05, 4.69) is 72.6 Å². The lowest BCUT2D eigenvalue weighted by atomic mass is 10.0. The van der Waals surface area contributed by atoms with Crippen molar-refractivity contribution in [2.24, 2.45) is 0 Å². The fourth-order valence-corrected chi connectivity index (χ4v) is 6.01. The fraction of sp³-hybridized carbons (Fsp3) is 0.659. The Morgan fingerprint density at radius 3 is 1.15 bits per heavy atom. The standard InChI is InChI=1S/C41H68N4O2/c1-5-7-9-11-13-15-17-31-44(3)33-19-21-40(46)42-38-27-23-36(24-28-38)35-37-25-29-39(30-26-37)43-41(47)22-20-34-45(4)32-18-16-14-12-10-8-6-2/h23-30H,5-22,31-35H2,1-4H3,(H,42,46)(H,43,47). The van der Waals surface area contributed by atoms with E-state index in [1.165, 1.54) is 101 Å². The predicted molar refractivity (Wildman–Crippen MR) is 202 cm³/mol. The normalized spacial score (nSPS) is 11.4. The lowest BCUT2D eigenvalue weighted by Crippen LogP contribution is -2.22. The molecule has 0 aliphatic heterocycles. The molecule has 264 valence electrons. The molecule has 0 heterocycles. The molecule has 6 heteroatoms. The first kappa shape index (κ1) is 40.5. The van der Waals surface area contributed by atoms with Gasteiger partial charge in [0.05, 0.1) is 0 Å². The monoisotopic (exact) mass is 649 g/mol. The Morgan fingerprint density at radius 2 is 0.787 bits per heavy atom. The third kappa shape index (κ3) is 21.0. The highest BCUT2D eigenvalue weighted by Crippen LogP contribution is 2.17. The van der Waals surface area contributed by atoms with Crippen LogP contribution in [0.1, 0.15) is 141 Å². The molecular weight excluding hydrogens is 580 g/mol. The van der Waals surface area contributed by atoms with Gasteiger partial charge in [-0.25, -0.2) is 0 Å². The van der Waals surface area contributed by atoms with Gasteiger partial charge in [0.2, 0.25) is 11.8 Å². The van der Waals surface area contributed by atoms with E-state index < -0.39 is 0 Å². The SMILES string of the molecule is CCCCCCCCCN(C)CCCC(=O)Nc1ccc(Cc2ccc(NC(=O)CCCN(C)CCCCCCCCC)cc2)cc1. The number of carbonyl (C=O) groups is 2. The van der Waals surface area contributed by atoms with Gasteiger partial charge in [0.1, 0.15) is 0 Å². The molecule has 0 atom stereocenters. The molecule has 0 saturated heterocycles. The van der Waals surface area contributed by atoms with Crippen LogP contribution in [0.3, 0.4) is 0 Å². The largest absolute Gasteiger partial charge is 0.326 e. The molecule has 0 bridgehead atoms. The Bertz CT molecular complexity index is 984. The van der Waals surface area contributed by atoms with Crippen molar-refractivity contribution in [1.29, 1.82) is 0 Å². The van der Waals surface area contributed by atoms with Crippen molar-refractivity contribution in [2.45, 2.75) is 136 Å². The number of carbonyl (C=O) groups excluding carboxylic acids is 2. The number of amides is 2. The quantitative estimate of drug-likeness (QED) is 0.0902. The molecule has 0 fully saturated rings. The number of rotatable bonds is 28. The molecule has 6 nitrogen and oxygen atoms in total. The summed E-state index contributed by atoms with van der Waals surface area (Å²) in [6, 6.07) is 16.2. The molecule has 0 aliphatic carbocycles. The zero-order valence-electron chi connectivity index (χ0n) is 30.6. The van der Waals surface area contributed by atoms with Crippen LogP contribution in [0.5, 0.6) is 0 Å². The molecule has 2 aromatic carbocycles. The average molecular weight is 649 g/mol. The number of nitrogens with zero attached hydrogens (tertiary/aromatic N) is 2. The Labute approximate surface area is 288 Å². The van der Waals surface area contributed by atoms with Crippen molar-refractivity contribution in [2.75, 3.05) is 50.9 Å². The van der Waals surface area contributed by atoms with Crippen LogP contribution in [0.15, 0.2) is 48.5 Å². The van der Waals surface area contributed by atoms with Crippen LogP contribution in [0, 0.1) is 0 Å². The third-order valence-corrected chi connectivity index (χ3v) is 9.06. The van der Waals surface area contributed by atoms with Gasteiger partial charge in [0.25, 0.3) is 0 Å². The third-order valence-electron chi connectivity index (χ3n) is 9.06. The smallest absolute Gasteiger partial charge is 0.224 e. The van der Waals surface area contributed by atoms with Gasteiger partial charge in [-0.3, -0.25) is 9.59 Å². The minimum Gasteiger partial charge on any atom is -0.326 e. The molecule has 0 spiro atoms. The molecule has 2 amide bonds. The summed E-state index contributed by atoms with van der Waals surface area (Å²) in [5.41, 5.74) is 4.06. The van der Waals surface area contributed by atoms with Gasteiger partial charge in [-0.15, -0.1) is 0 Å². The maximum atomic E-state index is 12.5. The number of hydrogen-bond donors (Lipinski definition) is 2. The number of hydrogen-bond acceptors (Lipinski definition) is 4. The number of unbranched alkanes of at least 4 members (excludes halogenated alkanes) is 12. The van der Waals surface area contributed by atoms with E-state index in [0.29, 0.717) is 12.8 Å². The molecule has 2 rings (SSSR count). The van der Waals surface area contributed by atoms with Crippen LogP contribution in [0.25, 0.3) is 0 Å². The average Bonchev–Trinajstić information content (AvgIpc) is 3.05. The van der Waals surface area contributed by atoms with E-state index in [1.807, 2.05) is 24.3 Å². The summed E-state index contributed by atoms with van der Waals surface area (Å²) in [6.45, 7) is 8.67. The van der Waals surface area contributed by atoms with E-state index in [-0.39, 0.29) is 11.8 Å². The molecule has 0 radical (unpaired) electrons. The number of nitrogens with one attached hydrogen (secondary N) is 2. The summed E-state index contributed by atoms with van der Waals surface area (Å²) in [4.78, 5) is 29.7. The summed E-state index contributed by atoms with van der Waals surface area (Å²) in [6.07, 6.45) is 22.3. The minimum absolute atomic E-state index is 0.0789. The zero-order chi connectivity index (χ0) is 34.0. The Hall–Kier alpha value is -2.70. The van der Waals surface area contributed by atoms with Crippen LogP contribution in [-0.4, -0.2) is 61.9 Å². The second-order valence-electron chi connectivity index (χ2n) is 13.7. The molecule has 2 aromatic rings. The summed E-state index contributed by atoms with van der Waals surface area (Å²) in [5, 5.41) is 6.10. The van der Waals surface area contributed by atoms with Crippen molar-refractivity contribution >= 4 is 23.2 Å². The summed E-state index contributed by atoms with van der Waals surface area (Å²) in [7, 11) is 4.33. The summed E-state index contributed by atoms with van der Waals surface area (Å²) < 4.78 is 0. The maximum absolute atomic E-state index is 12.5. The Balaban J connectivity index is 1.57. The first-order chi connectivity index (χ1) is 22.9. The van der Waals surface area contributed by atoms with Crippen molar-refractivity contribution in [3.63, 3.8) is 0 Å². The van der Waals surface area contributed by atoms with Crippen molar-refractivity contribution in [3.8, 4) is 0 Å². The molecular formula is C41H68N4O2. The van der Waals surface area contributed by atoms with E-state index in [1.54, 1.807) is 0 Å². The first-order valence-corrected chi connectivity index (χ1v) is 19.0. The molecule has 2 N–H and O–H groups in total. The van der Waals surface area contributed by atoms with E-state index in [0.717, 1.165) is 56.8 Å². The number of benzene rings is 2. The van der Waals surface area contributed by atoms with Gasteiger partial charge in [0, 0.05) is 24.2 Å². The summed E-state index contributed by atoms with van der Waals surface area (Å²) >= 11 is 0. The van der Waals surface area contributed by atoms with Gasteiger partial charge < -0.3 is 20.4 Å². The second-order valence-corrected chi connectivity index (χ2v) is 13.7. The topological polar surface area (TPSA) is 64.7 Å². The predicted octanol–water partition coefficient (Wildman–Crippen LogP) is 10.1. The van der Waals surface area contributed by atoms with Gasteiger partial charge in [-0.05, 0) is 108 Å². The molecule has 0 unspecified atom stereocenters. The molecule has 0 aliphatic rings. The van der Waals surface area contributed by atoms with Crippen LogP contribution in [-0.2, 0) is 16.0 Å². The Kier molecular flexibility index (Phi) is 22.6. The van der Waals surface area contributed by atoms with Gasteiger partial charge >= 0.3 is 0 Å². The summed E-state index contributed by atoms with van der Waals surface area (Å²) in [5.74, 6) is 0.158. The highest BCUT2D eigenvalue weighted by Gasteiger charge is 2.07.